The Hall–Kier alpha value is -1.14. The number of hydrogen-bond acceptors (Lipinski definition) is 4. The molecule has 3 atom stereocenters. The second-order valence-electron chi connectivity index (χ2n) is 7.13. The minimum atomic E-state index is -1.03. The third-order valence-corrected chi connectivity index (χ3v) is 6.43. The van der Waals surface area contributed by atoms with Gasteiger partial charge in [-0.3, -0.25) is 4.68 Å². The Labute approximate surface area is 164 Å². The number of halogens is 2. The molecule has 1 N–H and O–H groups in total. The van der Waals surface area contributed by atoms with Crippen molar-refractivity contribution in [2.75, 3.05) is 19.1 Å². The number of alkyl halides is 1. The van der Waals surface area contributed by atoms with E-state index < -0.39 is 11.0 Å². The van der Waals surface area contributed by atoms with Crippen molar-refractivity contribution in [3.63, 3.8) is 0 Å². The van der Waals surface area contributed by atoms with Gasteiger partial charge in [-0.15, -0.1) is 11.6 Å². The van der Waals surface area contributed by atoms with E-state index >= 15 is 0 Å². The summed E-state index contributed by atoms with van der Waals surface area (Å²) >= 11 is 12.4. The molecule has 1 saturated carbocycles. The summed E-state index contributed by atoms with van der Waals surface area (Å²) in [5.41, 5.74) is -0.386. The molecule has 7 heteroatoms. The molecule has 1 aromatic heterocycles. The third kappa shape index (κ3) is 3.77. The van der Waals surface area contributed by atoms with Crippen LogP contribution in [-0.2, 0) is 17.7 Å². The van der Waals surface area contributed by atoms with Crippen LogP contribution in [0.15, 0.2) is 36.9 Å². The number of hydrogen-bond donors (Lipinski definition) is 1. The predicted molar refractivity (Wildman–Crippen MR) is 102 cm³/mol. The van der Waals surface area contributed by atoms with Crippen LogP contribution in [0.4, 0.5) is 0 Å². The largest absolute Gasteiger partial charge is 0.387 e. The lowest BCUT2D eigenvalue weighted by Gasteiger charge is -2.44. The van der Waals surface area contributed by atoms with Gasteiger partial charge in [0, 0.05) is 22.9 Å². The molecule has 0 radical (unpaired) electrons. The van der Waals surface area contributed by atoms with Gasteiger partial charge in [-0.25, -0.2) is 4.98 Å². The van der Waals surface area contributed by atoms with Crippen molar-refractivity contribution in [3.8, 4) is 0 Å². The summed E-state index contributed by atoms with van der Waals surface area (Å²) in [5.74, 6) is 0.391. The Bertz CT molecular complexity index is 695. The second-order valence-corrected chi connectivity index (χ2v) is 7.84. The maximum absolute atomic E-state index is 11.9. The fraction of sp³-hybridized carbons (Fsp3) is 0.579. The zero-order valence-electron chi connectivity index (χ0n) is 14.9. The van der Waals surface area contributed by atoms with Crippen LogP contribution >= 0.6 is 23.2 Å². The molecule has 2 aromatic rings. The highest BCUT2D eigenvalue weighted by Crippen LogP contribution is 2.53. The Kier molecular flexibility index (Phi) is 6.23. The van der Waals surface area contributed by atoms with Gasteiger partial charge < -0.3 is 9.84 Å². The molecule has 1 aromatic carbocycles. The standard InChI is InChI=1S/C19H25Cl2N3O2/c1-2-26-12-18(10-20)8-7-16(9-15-3-5-17(21)6-4-15)19(18,25)11-24-14-22-13-23-24/h3-6,13-14,16,25H,2,7-12H2,1H3. The average Bonchev–Trinajstić information content (AvgIpc) is 3.23. The molecule has 3 rings (SSSR count). The minimum absolute atomic E-state index is 0.0482. The Balaban J connectivity index is 1.90. The van der Waals surface area contributed by atoms with Gasteiger partial charge in [0.1, 0.15) is 12.7 Å². The molecular weight excluding hydrogens is 373 g/mol. The highest BCUT2D eigenvalue weighted by Gasteiger charge is 2.59. The second kappa shape index (κ2) is 8.26. The fourth-order valence-electron chi connectivity index (χ4n) is 4.09. The maximum Gasteiger partial charge on any atom is 0.137 e. The SMILES string of the molecule is CCOCC1(CCl)CCC(Cc2ccc(Cl)cc2)C1(O)Cn1cncn1. The predicted octanol–water partition coefficient (Wildman–Crippen LogP) is 3.58. The van der Waals surface area contributed by atoms with E-state index in [2.05, 4.69) is 10.1 Å². The van der Waals surface area contributed by atoms with E-state index in [1.165, 1.54) is 6.33 Å². The molecule has 1 aliphatic rings. The van der Waals surface area contributed by atoms with E-state index in [-0.39, 0.29) is 5.92 Å². The van der Waals surface area contributed by atoms with Crippen molar-refractivity contribution in [2.45, 2.75) is 38.3 Å². The molecular formula is C19H25Cl2N3O2. The van der Waals surface area contributed by atoms with E-state index in [1.807, 2.05) is 31.2 Å². The lowest BCUT2D eigenvalue weighted by atomic mass is 9.71. The van der Waals surface area contributed by atoms with E-state index in [0.29, 0.717) is 30.7 Å². The first-order valence-corrected chi connectivity index (χ1v) is 9.87. The molecule has 0 spiro atoms. The highest BCUT2D eigenvalue weighted by molar-refractivity contribution is 6.30. The Morgan fingerprint density at radius 1 is 1.35 bits per heavy atom. The molecule has 0 bridgehead atoms. The number of aliphatic hydroxyl groups is 1. The quantitative estimate of drug-likeness (QED) is 0.691. The Morgan fingerprint density at radius 3 is 2.73 bits per heavy atom. The summed E-state index contributed by atoms with van der Waals surface area (Å²) in [5, 5.41) is 16.8. The molecule has 1 fully saturated rings. The van der Waals surface area contributed by atoms with Gasteiger partial charge in [-0.1, -0.05) is 23.7 Å². The molecule has 1 heterocycles. The smallest absolute Gasteiger partial charge is 0.137 e. The van der Waals surface area contributed by atoms with Crippen molar-refractivity contribution >= 4 is 23.2 Å². The number of ether oxygens (including phenoxy) is 1. The van der Waals surface area contributed by atoms with Gasteiger partial charge in [0.05, 0.1) is 18.8 Å². The molecule has 3 unspecified atom stereocenters. The van der Waals surface area contributed by atoms with E-state index in [0.717, 1.165) is 24.8 Å². The fourth-order valence-corrected chi connectivity index (χ4v) is 4.66. The zero-order chi connectivity index (χ0) is 18.6. The topological polar surface area (TPSA) is 60.2 Å². The van der Waals surface area contributed by atoms with Crippen LogP contribution in [0.5, 0.6) is 0 Å². The van der Waals surface area contributed by atoms with Crippen molar-refractivity contribution in [3.05, 3.63) is 47.5 Å². The first kappa shape index (κ1) is 19.6. The first-order valence-electron chi connectivity index (χ1n) is 8.96. The number of rotatable bonds is 8. The summed E-state index contributed by atoms with van der Waals surface area (Å²) in [6.45, 7) is 3.35. The summed E-state index contributed by atoms with van der Waals surface area (Å²) in [7, 11) is 0. The van der Waals surface area contributed by atoms with Gasteiger partial charge in [0.25, 0.3) is 0 Å². The molecule has 5 nitrogen and oxygen atoms in total. The van der Waals surface area contributed by atoms with Crippen molar-refractivity contribution in [1.82, 2.24) is 14.8 Å². The molecule has 26 heavy (non-hydrogen) atoms. The average molecular weight is 398 g/mol. The molecule has 0 aliphatic heterocycles. The third-order valence-electron chi connectivity index (χ3n) is 5.67. The van der Waals surface area contributed by atoms with Crippen molar-refractivity contribution in [2.24, 2.45) is 11.3 Å². The summed E-state index contributed by atoms with van der Waals surface area (Å²) in [4.78, 5) is 4.01. The van der Waals surface area contributed by atoms with Gasteiger partial charge in [-0.05, 0) is 49.8 Å². The van der Waals surface area contributed by atoms with Crippen LogP contribution in [-0.4, -0.2) is 44.6 Å². The number of benzene rings is 1. The van der Waals surface area contributed by atoms with Crippen molar-refractivity contribution in [1.29, 1.82) is 0 Å². The molecule has 0 amide bonds. The molecule has 1 aliphatic carbocycles. The normalized spacial score (nSPS) is 28.5. The lowest BCUT2D eigenvalue weighted by Crippen LogP contribution is -2.55. The van der Waals surface area contributed by atoms with E-state index in [4.69, 9.17) is 27.9 Å². The van der Waals surface area contributed by atoms with Gasteiger partial charge in [-0.2, -0.15) is 5.10 Å². The minimum Gasteiger partial charge on any atom is -0.387 e. The monoisotopic (exact) mass is 397 g/mol. The highest BCUT2D eigenvalue weighted by atomic mass is 35.5. The zero-order valence-corrected chi connectivity index (χ0v) is 16.5. The maximum atomic E-state index is 11.9. The summed E-state index contributed by atoms with van der Waals surface area (Å²) in [6, 6.07) is 7.80. The van der Waals surface area contributed by atoms with E-state index in [1.54, 1.807) is 11.0 Å². The van der Waals surface area contributed by atoms with Crippen LogP contribution in [0.25, 0.3) is 0 Å². The Morgan fingerprint density at radius 2 is 2.12 bits per heavy atom. The van der Waals surface area contributed by atoms with Crippen LogP contribution in [0.2, 0.25) is 5.02 Å². The number of nitrogens with zero attached hydrogens (tertiary/aromatic N) is 3. The first-order chi connectivity index (χ1) is 12.5. The van der Waals surface area contributed by atoms with Crippen LogP contribution in [0.1, 0.15) is 25.3 Å². The summed E-state index contributed by atoms with van der Waals surface area (Å²) in [6.07, 6.45) is 5.58. The van der Waals surface area contributed by atoms with E-state index in [9.17, 15) is 5.11 Å². The number of aromatic nitrogens is 3. The van der Waals surface area contributed by atoms with Gasteiger partial charge >= 0.3 is 0 Å². The van der Waals surface area contributed by atoms with Crippen LogP contribution in [0, 0.1) is 11.3 Å². The van der Waals surface area contributed by atoms with Crippen LogP contribution < -0.4 is 0 Å². The van der Waals surface area contributed by atoms with Crippen molar-refractivity contribution < 1.29 is 9.84 Å². The van der Waals surface area contributed by atoms with Gasteiger partial charge in [0.15, 0.2) is 0 Å². The summed E-state index contributed by atoms with van der Waals surface area (Å²) < 4.78 is 7.42. The van der Waals surface area contributed by atoms with Crippen LogP contribution in [0.3, 0.4) is 0 Å². The lowest BCUT2D eigenvalue weighted by molar-refractivity contribution is -0.124. The molecule has 142 valence electrons. The van der Waals surface area contributed by atoms with Gasteiger partial charge in [0.2, 0.25) is 0 Å². The molecule has 0 saturated heterocycles.